The van der Waals surface area contributed by atoms with Crippen LogP contribution in [-0.2, 0) is 0 Å². The summed E-state index contributed by atoms with van der Waals surface area (Å²) >= 11 is 6.00. The van der Waals surface area contributed by atoms with Crippen LogP contribution in [0.25, 0.3) is 22.4 Å². The number of nitro groups is 1. The van der Waals surface area contributed by atoms with Gasteiger partial charge in [-0.3, -0.25) is 14.9 Å². The summed E-state index contributed by atoms with van der Waals surface area (Å²) in [5.41, 5.74) is 3.26. The van der Waals surface area contributed by atoms with Crippen LogP contribution in [0.15, 0.2) is 66.7 Å². The number of para-hydroxylation sites is 2. The first-order chi connectivity index (χ1) is 13.5. The van der Waals surface area contributed by atoms with Crippen molar-refractivity contribution in [3.8, 4) is 11.4 Å². The van der Waals surface area contributed by atoms with Crippen LogP contribution < -0.4 is 5.32 Å². The second-order valence-corrected chi connectivity index (χ2v) is 6.46. The van der Waals surface area contributed by atoms with E-state index in [1.807, 2.05) is 36.4 Å². The number of amides is 1. The largest absolute Gasteiger partial charge is 0.338 e. The molecule has 0 aliphatic rings. The molecule has 0 unspecified atom stereocenters. The van der Waals surface area contributed by atoms with Crippen LogP contribution in [0, 0.1) is 10.1 Å². The normalized spacial score (nSPS) is 10.4. The highest BCUT2D eigenvalue weighted by molar-refractivity contribution is 6.34. The van der Waals surface area contributed by atoms with Gasteiger partial charge in [-0.15, -0.1) is 12.4 Å². The minimum atomic E-state index is -0.565. The van der Waals surface area contributed by atoms with E-state index in [4.69, 9.17) is 11.6 Å². The molecule has 0 spiro atoms. The number of nitrogens with zero attached hydrogens (tertiary/aromatic N) is 2. The number of hydrogen-bond acceptors (Lipinski definition) is 4. The molecule has 0 radical (unpaired) electrons. The lowest BCUT2D eigenvalue weighted by molar-refractivity contribution is -0.384. The van der Waals surface area contributed by atoms with Crippen LogP contribution in [0.4, 0.5) is 11.4 Å². The number of imidazole rings is 1. The fourth-order valence-electron chi connectivity index (χ4n) is 2.80. The molecule has 2 N–H and O–H groups in total. The van der Waals surface area contributed by atoms with E-state index in [0.29, 0.717) is 5.69 Å². The lowest BCUT2D eigenvalue weighted by Gasteiger charge is -2.07. The molecule has 9 heteroatoms. The highest BCUT2D eigenvalue weighted by Crippen LogP contribution is 2.25. The van der Waals surface area contributed by atoms with Crippen molar-refractivity contribution >= 4 is 52.3 Å². The number of nitro benzene ring substituents is 1. The number of nitrogens with one attached hydrogen (secondary N) is 2. The number of fused-ring (bicyclic) bond motifs is 1. The highest BCUT2D eigenvalue weighted by atomic mass is 35.5. The summed E-state index contributed by atoms with van der Waals surface area (Å²) in [6.07, 6.45) is 0. The fraction of sp³-hybridized carbons (Fsp3) is 0. The maximum absolute atomic E-state index is 12.4. The van der Waals surface area contributed by atoms with Gasteiger partial charge in [0, 0.05) is 23.4 Å². The van der Waals surface area contributed by atoms with Crippen molar-refractivity contribution in [2.45, 2.75) is 0 Å². The average molecular weight is 429 g/mol. The molecule has 0 saturated carbocycles. The van der Waals surface area contributed by atoms with E-state index in [9.17, 15) is 14.9 Å². The Morgan fingerprint density at radius 1 is 1.07 bits per heavy atom. The Balaban J connectivity index is 0.00000240. The molecule has 0 bridgehead atoms. The van der Waals surface area contributed by atoms with Gasteiger partial charge < -0.3 is 10.3 Å². The molecule has 0 aliphatic heterocycles. The summed E-state index contributed by atoms with van der Waals surface area (Å²) in [6.45, 7) is 0. The molecule has 0 aliphatic carbocycles. The van der Waals surface area contributed by atoms with Gasteiger partial charge >= 0.3 is 0 Å². The van der Waals surface area contributed by atoms with Crippen molar-refractivity contribution in [3.63, 3.8) is 0 Å². The van der Waals surface area contributed by atoms with Gasteiger partial charge in [0.1, 0.15) is 5.82 Å². The van der Waals surface area contributed by atoms with E-state index < -0.39 is 10.8 Å². The zero-order chi connectivity index (χ0) is 19.7. The Bertz CT molecular complexity index is 1170. The molecule has 3 aromatic carbocycles. The highest BCUT2D eigenvalue weighted by Gasteiger charge is 2.15. The second kappa shape index (κ2) is 8.30. The van der Waals surface area contributed by atoms with Crippen LogP contribution >= 0.6 is 24.0 Å². The minimum absolute atomic E-state index is 0. The first-order valence-electron chi connectivity index (χ1n) is 8.32. The van der Waals surface area contributed by atoms with Crippen molar-refractivity contribution in [2.24, 2.45) is 0 Å². The minimum Gasteiger partial charge on any atom is -0.338 e. The summed E-state index contributed by atoms with van der Waals surface area (Å²) < 4.78 is 0. The zero-order valence-electron chi connectivity index (χ0n) is 14.8. The molecule has 0 fully saturated rings. The van der Waals surface area contributed by atoms with Gasteiger partial charge in [-0.1, -0.05) is 23.7 Å². The second-order valence-electron chi connectivity index (χ2n) is 6.06. The molecule has 0 atom stereocenters. The number of anilines is 1. The number of hydrogen-bond donors (Lipinski definition) is 2. The number of H-pyrrole nitrogens is 1. The number of halogens is 2. The predicted molar refractivity (Wildman–Crippen MR) is 115 cm³/mol. The maximum atomic E-state index is 12.4. The third-order valence-electron chi connectivity index (χ3n) is 4.21. The summed E-state index contributed by atoms with van der Waals surface area (Å²) in [5.74, 6) is 0.286. The molecule has 4 aromatic rings. The van der Waals surface area contributed by atoms with E-state index in [1.54, 1.807) is 12.1 Å². The van der Waals surface area contributed by atoms with Gasteiger partial charge in [0.15, 0.2) is 0 Å². The molecular weight excluding hydrogens is 415 g/mol. The Morgan fingerprint density at radius 3 is 2.45 bits per heavy atom. The standard InChI is InChI=1S/C20H13ClN4O3.ClH/c21-16-11-14(25(27)28)9-10-15(16)20(26)22-13-7-5-12(6-8-13)19-23-17-3-1-2-4-18(17)24-19;/h1-11H,(H,22,26)(H,23,24);1H. The van der Waals surface area contributed by atoms with Gasteiger partial charge in [-0.2, -0.15) is 0 Å². The molecule has 1 amide bonds. The Hall–Kier alpha value is -3.42. The summed E-state index contributed by atoms with van der Waals surface area (Å²) in [6, 6.07) is 18.6. The number of benzene rings is 3. The Kier molecular flexibility index (Phi) is 5.81. The predicted octanol–water partition coefficient (Wildman–Crippen LogP) is 5.47. The van der Waals surface area contributed by atoms with Crippen LogP contribution in [0.1, 0.15) is 10.4 Å². The molecule has 4 rings (SSSR count). The molecule has 1 heterocycles. The first kappa shape index (κ1) is 20.3. The van der Waals surface area contributed by atoms with Crippen LogP contribution in [-0.4, -0.2) is 20.8 Å². The SMILES string of the molecule is Cl.O=C(Nc1ccc(-c2nc3ccccc3[nH]2)cc1)c1ccc([N+](=O)[O-])cc1Cl. The van der Waals surface area contributed by atoms with Crippen LogP contribution in [0.2, 0.25) is 5.02 Å². The molecule has 146 valence electrons. The number of aromatic amines is 1. The van der Waals surface area contributed by atoms with Gasteiger partial charge in [-0.25, -0.2) is 4.98 Å². The van der Waals surface area contributed by atoms with Gasteiger partial charge in [0.2, 0.25) is 0 Å². The molecule has 7 nitrogen and oxygen atoms in total. The maximum Gasteiger partial charge on any atom is 0.270 e. The molecule has 0 saturated heterocycles. The monoisotopic (exact) mass is 428 g/mol. The average Bonchev–Trinajstić information content (AvgIpc) is 3.12. The summed E-state index contributed by atoms with van der Waals surface area (Å²) in [5, 5.41) is 13.5. The van der Waals surface area contributed by atoms with Gasteiger partial charge in [0.25, 0.3) is 11.6 Å². The molecule has 29 heavy (non-hydrogen) atoms. The quantitative estimate of drug-likeness (QED) is 0.332. The van der Waals surface area contributed by atoms with Crippen molar-refractivity contribution in [1.29, 1.82) is 0 Å². The number of non-ortho nitro benzene ring substituents is 1. The number of rotatable bonds is 4. The molecule has 1 aromatic heterocycles. The lowest BCUT2D eigenvalue weighted by Crippen LogP contribution is -2.12. The fourth-order valence-corrected chi connectivity index (χ4v) is 3.06. The molecular formula is C20H14Cl2N4O3. The van der Waals surface area contributed by atoms with Gasteiger partial charge in [-0.05, 0) is 42.5 Å². The topological polar surface area (TPSA) is 101 Å². The van der Waals surface area contributed by atoms with Crippen molar-refractivity contribution < 1.29 is 9.72 Å². The van der Waals surface area contributed by atoms with Crippen LogP contribution in [0.5, 0.6) is 0 Å². The van der Waals surface area contributed by atoms with Crippen molar-refractivity contribution in [1.82, 2.24) is 9.97 Å². The third-order valence-corrected chi connectivity index (χ3v) is 4.53. The van der Waals surface area contributed by atoms with Crippen molar-refractivity contribution in [3.05, 3.63) is 87.4 Å². The third kappa shape index (κ3) is 4.21. The van der Waals surface area contributed by atoms with E-state index in [0.717, 1.165) is 28.5 Å². The zero-order valence-corrected chi connectivity index (χ0v) is 16.3. The Labute approximate surface area is 176 Å². The smallest absolute Gasteiger partial charge is 0.270 e. The van der Waals surface area contributed by atoms with E-state index >= 15 is 0 Å². The lowest BCUT2D eigenvalue weighted by atomic mass is 10.1. The summed E-state index contributed by atoms with van der Waals surface area (Å²) in [7, 11) is 0. The van der Waals surface area contributed by atoms with E-state index in [-0.39, 0.29) is 28.7 Å². The van der Waals surface area contributed by atoms with E-state index in [2.05, 4.69) is 15.3 Å². The number of carbonyl (C=O) groups excluding carboxylic acids is 1. The van der Waals surface area contributed by atoms with Crippen molar-refractivity contribution in [2.75, 3.05) is 5.32 Å². The van der Waals surface area contributed by atoms with Crippen LogP contribution in [0.3, 0.4) is 0 Å². The number of aromatic nitrogens is 2. The Morgan fingerprint density at radius 2 is 1.79 bits per heavy atom. The van der Waals surface area contributed by atoms with Gasteiger partial charge in [0.05, 0.1) is 26.5 Å². The van der Waals surface area contributed by atoms with E-state index in [1.165, 1.54) is 12.1 Å². The summed E-state index contributed by atoms with van der Waals surface area (Å²) in [4.78, 5) is 30.4. The first-order valence-corrected chi connectivity index (χ1v) is 8.69. The number of carbonyl (C=O) groups is 1.